The first-order valence-corrected chi connectivity index (χ1v) is 10.0. The van der Waals surface area contributed by atoms with Gasteiger partial charge in [0.1, 0.15) is 18.2 Å². The van der Waals surface area contributed by atoms with Gasteiger partial charge in [-0.2, -0.15) is 0 Å². The predicted octanol–water partition coefficient (Wildman–Crippen LogP) is 3.50. The summed E-state index contributed by atoms with van der Waals surface area (Å²) in [7, 11) is 0. The summed E-state index contributed by atoms with van der Waals surface area (Å²) in [5.74, 6) is 0.499. The zero-order valence-corrected chi connectivity index (χ0v) is 16.0. The molecule has 1 aromatic heterocycles. The number of anilines is 1. The lowest BCUT2D eigenvalue weighted by Crippen LogP contribution is -2.52. The van der Waals surface area contributed by atoms with E-state index in [4.69, 9.17) is 22.1 Å². The summed E-state index contributed by atoms with van der Waals surface area (Å²) in [6.07, 6.45) is 0. The summed E-state index contributed by atoms with van der Waals surface area (Å²) in [6.45, 7) is 4.33. The van der Waals surface area contributed by atoms with Crippen LogP contribution in [0.4, 0.5) is 9.52 Å². The Morgan fingerprint density at radius 2 is 2.22 bits per heavy atom. The van der Waals surface area contributed by atoms with Crippen LogP contribution >= 0.6 is 22.9 Å². The molecule has 0 aliphatic carbocycles. The van der Waals surface area contributed by atoms with Crippen molar-refractivity contribution in [3.63, 3.8) is 0 Å². The van der Waals surface area contributed by atoms with Crippen LogP contribution in [0.2, 0.25) is 5.02 Å². The molecule has 3 N–H and O–H groups in total. The normalized spacial score (nSPS) is 20.0. The van der Waals surface area contributed by atoms with E-state index in [0.29, 0.717) is 33.0 Å². The number of nitrogens with zero attached hydrogens (tertiary/aromatic N) is 2. The van der Waals surface area contributed by atoms with Crippen LogP contribution in [0.3, 0.4) is 0 Å². The van der Waals surface area contributed by atoms with E-state index in [1.165, 1.54) is 6.07 Å². The molecular weight excluding hydrogens is 387 g/mol. The van der Waals surface area contributed by atoms with Gasteiger partial charge in [-0.1, -0.05) is 22.9 Å². The van der Waals surface area contributed by atoms with Crippen molar-refractivity contribution in [2.45, 2.75) is 12.6 Å². The van der Waals surface area contributed by atoms with Crippen molar-refractivity contribution in [2.75, 3.05) is 32.0 Å². The summed E-state index contributed by atoms with van der Waals surface area (Å²) < 4.78 is 20.7. The van der Waals surface area contributed by atoms with Gasteiger partial charge in [0, 0.05) is 47.9 Å². The van der Waals surface area contributed by atoms with E-state index >= 15 is 0 Å². The van der Waals surface area contributed by atoms with E-state index in [0.717, 1.165) is 60.0 Å². The molecule has 0 spiro atoms. The zero-order chi connectivity index (χ0) is 18.5. The summed E-state index contributed by atoms with van der Waals surface area (Å²) in [5.41, 5.74) is 8.97. The molecule has 1 atom stereocenters. The van der Waals surface area contributed by atoms with Crippen LogP contribution < -0.4 is 15.8 Å². The van der Waals surface area contributed by atoms with Crippen molar-refractivity contribution in [1.29, 1.82) is 0 Å². The molecule has 2 aliphatic heterocycles. The summed E-state index contributed by atoms with van der Waals surface area (Å²) in [5, 5.41) is 4.35. The molecule has 0 bridgehead atoms. The molecule has 5 rings (SSSR count). The molecule has 2 aliphatic rings. The highest BCUT2D eigenvalue weighted by Crippen LogP contribution is 2.41. The number of piperazine rings is 1. The van der Waals surface area contributed by atoms with Gasteiger partial charge < -0.3 is 15.8 Å². The number of rotatable bonds is 1. The Bertz CT molecular complexity index is 1040. The van der Waals surface area contributed by atoms with Crippen molar-refractivity contribution >= 4 is 38.3 Å². The maximum Gasteiger partial charge on any atom is 0.181 e. The molecule has 27 heavy (non-hydrogen) atoms. The third kappa shape index (κ3) is 2.95. The maximum atomic E-state index is 14.1. The summed E-state index contributed by atoms with van der Waals surface area (Å²) in [4.78, 5) is 6.75. The van der Waals surface area contributed by atoms with Gasteiger partial charge in [-0.25, -0.2) is 9.37 Å². The molecule has 8 heteroatoms. The highest BCUT2D eigenvalue weighted by Gasteiger charge is 2.28. The second kappa shape index (κ2) is 6.60. The number of fused-ring (bicyclic) bond motifs is 3. The lowest BCUT2D eigenvalue weighted by molar-refractivity contribution is 0.120. The number of ether oxygens (including phenoxy) is 1. The largest absolute Gasteiger partial charge is 0.492 e. The average molecular weight is 405 g/mol. The van der Waals surface area contributed by atoms with Crippen LogP contribution in [0.25, 0.3) is 21.3 Å². The fourth-order valence-corrected chi connectivity index (χ4v) is 4.90. The standard InChI is InChI=1S/C19H18ClFN4OS/c20-14-5-10-8-25-4-3-23-7-11(25)9-26-16(10)6-13(14)12-1-2-15(21)18-17(12)24-19(22)27-18/h1-2,5-6,11,23H,3-4,7-9H2,(H2,22,24)/t11-/m0/s1. The first kappa shape index (κ1) is 17.2. The number of aromatic nitrogens is 1. The van der Waals surface area contributed by atoms with Crippen molar-refractivity contribution in [1.82, 2.24) is 15.2 Å². The smallest absolute Gasteiger partial charge is 0.181 e. The van der Waals surface area contributed by atoms with Gasteiger partial charge in [0.05, 0.1) is 16.3 Å². The Morgan fingerprint density at radius 1 is 1.33 bits per heavy atom. The van der Waals surface area contributed by atoms with Gasteiger partial charge in [0.25, 0.3) is 0 Å². The zero-order valence-electron chi connectivity index (χ0n) is 14.5. The Labute approximate surface area is 164 Å². The third-order valence-corrected chi connectivity index (χ3v) is 6.43. The van der Waals surface area contributed by atoms with E-state index in [1.54, 1.807) is 6.07 Å². The average Bonchev–Trinajstić information content (AvgIpc) is 2.96. The highest BCUT2D eigenvalue weighted by molar-refractivity contribution is 7.22. The SMILES string of the molecule is Nc1nc2c(-c3cc4c(cc3Cl)CN3CCNC[C@H]3CO4)ccc(F)c2s1. The Balaban J connectivity index is 1.62. The van der Waals surface area contributed by atoms with Gasteiger partial charge >= 0.3 is 0 Å². The summed E-state index contributed by atoms with van der Waals surface area (Å²) in [6, 6.07) is 7.40. The van der Waals surface area contributed by atoms with Crippen molar-refractivity contribution in [3.8, 4) is 16.9 Å². The third-order valence-electron chi connectivity index (χ3n) is 5.23. The molecule has 3 aromatic rings. The van der Waals surface area contributed by atoms with E-state index in [9.17, 15) is 4.39 Å². The molecule has 0 unspecified atom stereocenters. The molecule has 1 saturated heterocycles. The van der Waals surface area contributed by atoms with E-state index in [1.807, 2.05) is 12.1 Å². The lowest BCUT2D eigenvalue weighted by atomic mass is 10.0. The molecule has 3 heterocycles. The van der Waals surface area contributed by atoms with Gasteiger partial charge in [0.2, 0.25) is 0 Å². The minimum absolute atomic E-state index is 0.325. The van der Waals surface area contributed by atoms with Crippen LogP contribution in [0.5, 0.6) is 5.75 Å². The minimum Gasteiger partial charge on any atom is -0.492 e. The molecule has 0 radical (unpaired) electrons. The first-order chi connectivity index (χ1) is 13.1. The second-order valence-corrected chi connectivity index (χ2v) is 8.34. The molecule has 0 amide bonds. The second-order valence-electron chi connectivity index (χ2n) is 6.90. The number of hydrogen-bond acceptors (Lipinski definition) is 6. The topological polar surface area (TPSA) is 63.4 Å². The van der Waals surface area contributed by atoms with Crippen LogP contribution in [-0.2, 0) is 6.54 Å². The molecule has 0 saturated carbocycles. The van der Waals surface area contributed by atoms with Gasteiger partial charge in [-0.3, -0.25) is 4.90 Å². The van der Waals surface area contributed by atoms with Gasteiger partial charge in [-0.15, -0.1) is 0 Å². The Hall–Kier alpha value is -1.93. The van der Waals surface area contributed by atoms with Crippen molar-refractivity contribution in [3.05, 3.63) is 40.7 Å². The first-order valence-electron chi connectivity index (χ1n) is 8.85. The van der Waals surface area contributed by atoms with E-state index in [-0.39, 0.29) is 5.82 Å². The molecule has 5 nitrogen and oxygen atoms in total. The maximum absolute atomic E-state index is 14.1. The van der Waals surface area contributed by atoms with Crippen LogP contribution in [0, 0.1) is 5.82 Å². The quantitative estimate of drug-likeness (QED) is 0.650. The number of halogens is 2. The van der Waals surface area contributed by atoms with Crippen molar-refractivity contribution < 1.29 is 9.13 Å². The molecule has 140 valence electrons. The number of nitrogens with two attached hydrogens (primary N) is 1. The fraction of sp³-hybridized carbons (Fsp3) is 0.316. The van der Waals surface area contributed by atoms with Gasteiger partial charge in [-0.05, 0) is 24.3 Å². The molecular formula is C19H18ClFN4OS. The monoisotopic (exact) mass is 404 g/mol. The van der Waals surface area contributed by atoms with Crippen LogP contribution in [0.1, 0.15) is 5.56 Å². The minimum atomic E-state index is -0.325. The molecule has 1 fully saturated rings. The summed E-state index contributed by atoms with van der Waals surface area (Å²) >= 11 is 7.78. The number of thiazole rings is 1. The van der Waals surface area contributed by atoms with Crippen LogP contribution in [0.15, 0.2) is 24.3 Å². The van der Waals surface area contributed by atoms with Gasteiger partial charge in [0.15, 0.2) is 5.13 Å². The van der Waals surface area contributed by atoms with E-state index in [2.05, 4.69) is 15.2 Å². The number of nitrogen functional groups attached to an aromatic ring is 1. The van der Waals surface area contributed by atoms with Crippen molar-refractivity contribution in [2.24, 2.45) is 0 Å². The molecule has 2 aromatic carbocycles. The number of nitrogens with one attached hydrogen (secondary N) is 1. The fourth-order valence-electron chi connectivity index (χ4n) is 3.85. The van der Waals surface area contributed by atoms with E-state index < -0.39 is 0 Å². The highest BCUT2D eigenvalue weighted by atomic mass is 35.5. The van der Waals surface area contributed by atoms with Crippen LogP contribution in [-0.4, -0.2) is 42.2 Å². The number of benzene rings is 2. The Kier molecular flexibility index (Phi) is 4.20. The predicted molar refractivity (Wildman–Crippen MR) is 107 cm³/mol. The Morgan fingerprint density at radius 3 is 3.11 bits per heavy atom. The lowest BCUT2D eigenvalue weighted by Gasteiger charge is -2.33. The number of hydrogen-bond donors (Lipinski definition) is 2.